The minimum atomic E-state index is -1.28. The van der Waals surface area contributed by atoms with Crippen molar-refractivity contribution in [2.24, 2.45) is 0 Å². The molecule has 0 aliphatic carbocycles. The Morgan fingerprint density at radius 2 is 1.73 bits per heavy atom. The number of carboxylic acids is 3. The van der Waals surface area contributed by atoms with E-state index in [1.165, 1.54) is 25.1 Å². The van der Waals surface area contributed by atoms with E-state index in [-0.39, 0.29) is 40.7 Å². The zero-order valence-electron chi connectivity index (χ0n) is 21.9. The van der Waals surface area contributed by atoms with Crippen LogP contribution < -0.4 is 10.1 Å². The van der Waals surface area contributed by atoms with Gasteiger partial charge >= 0.3 is 17.9 Å². The number of amides is 1. The quantitative estimate of drug-likeness (QED) is 0.196. The molecule has 1 saturated heterocycles. The van der Waals surface area contributed by atoms with Crippen LogP contribution in [-0.2, 0) is 25.6 Å². The van der Waals surface area contributed by atoms with Gasteiger partial charge in [-0.3, -0.25) is 19.7 Å². The van der Waals surface area contributed by atoms with Gasteiger partial charge in [0.2, 0.25) is 5.91 Å². The first-order valence-electron chi connectivity index (χ1n) is 12.5. The number of allylic oxidation sites excluding steroid dienone is 1. The van der Waals surface area contributed by atoms with Crippen molar-refractivity contribution in [2.75, 3.05) is 13.2 Å². The fraction of sp³-hybridized carbons (Fsp3) is 0.321. The maximum Gasteiger partial charge on any atom is 0.341 e. The van der Waals surface area contributed by atoms with Crippen LogP contribution in [0.5, 0.6) is 5.75 Å². The number of carbonyl (C=O) groups is 5. The summed E-state index contributed by atoms with van der Waals surface area (Å²) < 4.78 is 5.04. The van der Waals surface area contributed by atoms with Crippen molar-refractivity contribution in [3.8, 4) is 5.75 Å². The fourth-order valence-corrected chi connectivity index (χ4v) is 4.87. The fourth-order valence-electron chi connectivity index (χ4n) is 4.40. The number of likely N-dealkylation sites (tertiary alicyclic amines) is 1. The van der Waals surface area contributed by atoms with E-state index in [2.05, 4.69) is 5.32 Å². The molecule has 1 fully saturated rings. The van der Waals surface area contributed by atoms with E-state index in [1.54, 1.807) is 0 Å². The SMILES string of the molecule is C[C@H](N[C@@H](CCc1ccccc1)C(=O)O)C(=O)N1CC(=CC(=O)c2ccc(OCC(=O)O)c(Cl)c2Cl)C[C@H]1C(=O)O. The number of nitrogens with one attached hydrogen (secondary N) is 1. The third kappa shape index (κ3) is 8.29. The first kappa shape index (κ1) is 31.6. The van der Waals surface area contributed by atoms with Gasteiger partial charge in [0.1, 0.15) is 22.9 Å². The van der Waals surface area contributed by atoms with E-state index in [9.17, 15) is 34.2 Å². The summed E-state index contributed by atoms with van der Waals surface area (Å²) in [6.07, 6.45) is 1.72. The Labute approximate surface area is 245 Å². The highest BCUT2D eigenvalue weighted by Crippen LogP contribution is 2.35. The molecule has 4 N–H and O–H groups in total. The van der Waals surface area contributed by atoms with Crippen LogP contribution in [0.15, 0.2) is 54.1 Å². The summed E-state index contributed by atoms with van der Waals surface area (Å²) in [5.74, 6) is -4.91. The molecule has 1 heterocycles. The number of carbonyl (C=O) groups excluding carboxylic acids is 2. The molecule has 11 nitrogen and oxygen atoms in total. The van der Waals surface area contributed by atoms with Crippen LogP contribution in [-0.4, -0.2) is 81.1 Å². The molecule has 3 rings (SSSR count). The molecule has 1 aliphatic rings. The highest BCUT2D eigenvalue weighted by atomic mass is 35.5. The van der Waals surface area contributed by atoms with E-state index < -0.39 is 54.3 Å². The molecule has 2 aromatic carbocycles. The molecular formula is C28H28Cl2N2O9. The Kier molecular flexibility index (Phi) is 10.9. The Morgan fingerprint density at radius 1 is 1.05 bits per heavy atom. The largest absolute Gasteiger partial charge is 0.480 e. The summed E-state index contributed by atoms with van der Waals surface area (Å²) in [5.41, 5.74) is 1.26. The second-order valence-corrected chi connectivity index (χ2v) is 10.2. The molecule has 3 atom stereocenters. The predicted octanol–water partition coefficient (Wildman–Crippen LogP) is 3.32. The lowest BCUT2D eigenvalue weighted by Gasteiger charge is -2.27. The lowest BCUT2D eigenvalue weighted by atomic mass is 10.0. The van der Waals surface area contributed by atoms with Crippen molar-refractivity contribution in [1.29, 1.82) is 0 Å². The highest BCUT2D eigenvalue weighted by Gasteiger charge is 2.39. The Hall–Kier alpha value is -3.93. The average molecular weight is 607 g/mol. The lowest BCUT2D eigenvalue weighted by molar-refractivity contribution is -0.149. The summed E-state index contributed by atoms with van der Waals surface area (Å²) in [6, 6.07) is 8.53. The van der Waals surface area contributed by atoms with Crippen LogP contribution >= 0.6 is 23.2 Å². The maximum atomic E-state index is 13.2. The summed E-state index contributed by atoms with van der Waals surface area (Å²) >= 11 is 12.3. The van der Waals surface area contributed by atoms with Crippen LogP contribution in [0.3, 0.4) is 0 Å². The van der Waals surface area contributed by atoms with Crippen LogP contribution in [0.2, 0.25) is 10.0 Å². The Balaban J connectivity index is 1.72. The van der Waals surface area contributed by atoms with Gasteiger partial charge in [0.25, 0.3) is 0 Å². The van der Waals surface area contributed by atoms with E-state index >= 15 is 0 Å². The number of hydrogen-bond acceptors (Lipinski definition) is 7. The first-order valence-corrected chi connectivity index (χ1v) is 13.3. The third-order valence-corrected chi connectivity index (χ3v) is 7.32. The molecular weight excluding hydrogens is 579 g/mol. The van der Waals surface area contributed by atoms with Crippen molar-refractivity contribution in [1.82, 2.24) is 10.2 Å². The van der Waals surface area contributed by atoms with Crippen molar-refractivity contribution < 1.29 is 44.0 Å². The molecule has 0 saturated carbocycles. The number of hydrogen-bond donors (Lipinski definition) is 4. The van der Waals surface area contributed by atoms with Gasteiger partial charge in [0.15, 0.2) is 12.4 Å². The normalized spacial score (nSPS) is 17.2. The number of ether oxygens (including phenoxy) is 1. The van der Waals surface area contributed by atoms with Gasteiger partial charge in [0.05, 0.1) is 11.1 Å². The maximum absolute atomic E-state index is 13.2. The van der Waals surface area contributed by atoms with E-state index in [4.69, 9.17) is 33.0 Å². The first-order chi connectivity index (χ1) is 19.4. The smallest absolute Gasteiger partial charge is 0.341 e. The van der Waals surface area contributed by atoms with Gasteiger partial charge in [-0.1, -0.05) is 53.5 Å². The molecule has 2 aromatic rings. The molecule has 218 valence electrons. The zero-order chi connectivity index (χ0) is 30.3. The van der Waals surface area contributed by atoms with Gasteiger partial charge in [-0.05, 0) is 49.1 Å². The van der Waals surface area contributed by atoms with Crippen LogP contribution in [0, 0.1) is 0 Å². The number of nitrogens with zero attached hydrogens (tertiary/aromatic N) is 1. The van der Waals surface area contributed by atoms with Gasteiger partial charge in [-0.15, -0.1) is 0 Å². The van der Waals surface area contributed by atoms with Crippen LogP contribution in [0.1, 0.15) is 35.7 Å². The van der Waals surface area contributed by atoms with Crippen molar-refractivity contribution in [3.05, 3.63) is 75.3 Å². The number of benzene rings is 2. The van der Waals surface area contributed by atoms with Gasteiger partial charge in [0, 0.05) is 18.5 Å². The van der Waals surface area contributed by atoms with Crippen LogP contribution in [0.25, 0.3) is 0 Å². The van der Waals surface area contributed by atoms with Crippen molar-refractivity contribution >= 4 is 52.8 Å². The highest BCUT2D eigenvalue weighted by molar-refractivity contribution is 6.45. The molecule has 13 heteroatoms. The second-order valence-electron chi connectivity index (χ2n) is 9.42. The topological polar surface area (TPSA) is 171 Å². The predicted molar refractivity (Wildman–Crippen MR) is 149 cm³/mol. The van der Waals surface area contributed by atoms with Crippen LogP contribution in [0.4, 0.5) is 0 Å². The van der Waals surface area contributed by atoms with Gasteiger partial charge < -0.3 is 25.0 Å². The standard InChI is InChI=1S/C28H28Cl2N2O9/c1-15(31-19(27(37)38)9-7-16-5-3-2-4-6-16)26(36)32-13-17(11-20(32)28(39)40)12-21(33)18-8-10-22(25(30)24(18)29)41-14-23(34)35/h2-6,8,10,12,15,19-20,31H,7,9,11,13-14H2,1H3,(H,34,35)(H,37,38)(H,39,40)/t15-,19-,20-/m0/s1. The number of aryl methyl sites for hydroxylation is 1. The van der Waals surface area contributed by atoms with E-state index in [0.29, 0.717) is 12.0 Å². The summed E-state index contributed by atoms with van der Waals surface area (Å²) in [5, 5.41) is 30.6. The molecule has 1 aliphatic heterocycles. The Bertz CT molecular complexity index is 1360. The van der Waals surface area contributed by atoms with E-state index in [0.717, 1.165) is 10.5 Å². The zero-order valence-corrected chi connectivity index (χ0v) is 23.4. The van der Waals surface area contributed by atoms with Gasteiger partial charge in [-0.25, -0.2) is 9.59 Å². The molecule has 0 aromatic heterocycles. The summed E-state index contributed by atoms with van der Waals surface area (Å²) in [7, 11) is 0. The molecule has 0 radical (unpaired) electrons. The minimum Gasteiger partial charge on any atom is -0.480 e. The van der Waals surface area contributed by atoms with Crippen molar-refractivity contribution in [3.63, 3.8) is 0 Å². The number of carboxylic acid groups (broad SMARTS) is 3. The molecule has 41 heavy (non-hydrogen) atoms. The molecule has 0 bridgehead atoms. The molecule has 1 amide bonds. The Morgan fingerprint density at radius 3 is 2.34 bits per heavy atom. The lowest BCUT2D eigenvalue weighted by Crippen LogP contribution is -2.53. The van der Waals surface area contributed by atoms with E-state index in [1.807, 2.05) is 30.3 Å². The summed E-state index contributed by atoms with van der Waals surface area (Å²) in [6.45, 7) is 0.629. The summed E-state index contributed by atoms with van der Waals surface area (Å²) in [4.78, 5) is 61.8. The average Bonchev–Trinajstić information content (AvgIpc) is 3.35. The van der Waals surface area contributed by atoms with Crippen molar-refractivity contribution in [2.45, 2.75) is 44.3 Å². The molecule has 0 spiro atoms. The third-order valence-electron chi connectivity index (χ3n) is 6.46. The number of rotatable bonds is 13. The number of aliphatic carboxylic acids is 3. The monoisotopic (exact) mass is 606 g/mol. The number of halogens is 2. The number of ketones is 1. The van der Waals surface area contributed by atoms with Gasteiger partial charge in [-0.2, -0.15) is 0 Å². The molecule has 0 unspecified atom stereocenters. The second kappa shape index (κ2) is 14.1. The minimum absolute atomic E-state index is 0.0266.